The molecule has 26 heavy (non-hydrogen) atoms. The smallest absolute Gasteiger partial charge is 0.258 e. The molecule has 0 aliphatic carbocycles. The van der Waals surface area contributed by atoms with Gasteiger partial charge in [0, 0.05) is 36.5 Å². The van der Waals surface area contributed by atoms with E-state index in [1.807, 2.05) is 10.3 Å². The van der Waals surface area contributed by atoms with Crippen LogP contribution >= 0.6 is 35.5 Å². The summed E-state index contributed by atoms with van der Waals surface area (Å²) in [5.74, 6) is 2.74. The van der Waals surface area contributed by atoms with E-state index in [1.54, 1.807) is 28.4 Å². The second-order valence-corrected chi connectivity index (χ2v) is 8.63. The molecule has 2 atom stereocenters. The molecule has 6 nitrogen and oxygen atoms in total. The summed E-state index contributed by atoms with van der Waals surface area (Å²) >= 11 is 3.00. The van der Waals surface area contributed by atoms with E-state index in [0.717, 1.165) is 56.6 Å². The van der Waals surface area contributed by atoms with Crippen LogP contribution in [0.15, 0.2) is 22.4 Å². The minimum atomic E-state index is -0.0548. The number of likely N-dealkylation sites (tertiary alicyclic amines) is 1. The zero-order valence-electron chi connectivity index (χ0n) is 14.4. The van der Waals surface area contributed by atoms with Gasteiger partial charge >= 0.3 is 0 Å². The first-order valence-corrected chi connectivity index (χ1v) is 10.8. The fourth-order valence-electron chi connectivity index (χ4n) is 3.76. The maximum absolute atomic E-state index is 12.5. The molecule has 0 bridgehead atoms. The van der Waals surface area contributed by atoms with E-state index < -0.39 is 0 Å². The van der Waals surface area contributed by atoms with Gasteiger partial charge in [-0.2, -0.15) is 0 Å². The van der Waals surface area contributed by atoms with E-state index in [0.29, 0.717) is 16.5 Å². The summed E-state index contributed by atoms with van der Waals surface area (Å²) in [6, 6.07) is 1.57. The Balaban J connectivity index is 0.00000196. The number of nitrogens with one attached hydrogen (secondary N) is 1. The highest BCUT2D eigenvalue weighted by molar-refractivity contribution is 7.99. The summed E-state index contributed by atoms with van der Waals surface area (Å²) < 4.78 is 1.55. The Morgan fingerprint density at radius 3 is 2.77 bits per heavy atom. The van der Waals surface area contributed by atoms with Crippen molar-refractivity contribution >= 4 is 46.4 Å². The minimum absolute atomic E-state index is 0. The van der Waals surface area contributed by atoms with Crippen LogP contribution < -0.4 is 10.9 Å². The number of carbonyl (C=O) groups is 1. The minimum Gasteiger partial charge on any atom is -0.342 e. The molecule has 9 heteroatoms. The first-order chi connectivity index (χ1) is 12.2. The lowest BCUT2D eigenvalue weighted by Gasteiger charge is -2.20. The zero-order valence-corrected chi connectivity index (χ0v) is 16.9. The molecule has 0 aromatic carbocycles. The maximum Gasteiger partial charge on any atom is 0.258 e. The van der Waals surface area contributed by atoms with Gasteiger partial charge in [-0.15, -0.1) is 35.5 Å². The number of hydrogen-bond donors (Lipinski definition) is 1. The third-order valence-electron chi connectivity index (χ3n) is 5.20. The molecule has 2 aliphatic heterocycles. The summed E-state index contributed by atoms with van der Waals surface area (Å²) in [5.41, 5.74) is 0.697. The second-order valence-electron chi connectivity index (χ2n) is 6.77. The van der Waals surface area contributed by atoms with Crippen LogP contribution in [-0.4, -0.2) is 52.1 Å². The average Bonchev–Trinajstić information content (AvgIpc) is 3.20. The van der Waals surface area contributed by atoms with Crippen molar-refractivity contribution in [1.29, 1.82) is 0 Å². The number of amides is 1. The van der Waals surface area contributed by atoms with Crippen LogP contribution in [0.25, 0.3) is 4.96 Å². The van der Waals surface area contributed by atoms with E-state index in [-0.39, 0.29) is 23.9 Å². The van der Waals surface area contributed by atoms with Crippen molar-refractivity contribution < 1.29 is 4.79 Å². The third-order valence-corrected chi connectivity index (χ3v) is 6.91. The average molecular weight is 415 g/mol. The van der Waals surface area contributed by atoms with Crippen molar-refractivity contribution in [2.75, 3.05) is 31.9 Å². The van der Waals surface area contributed by atoms with Gasteiger partial charge in [0.05, 0.1) is 11.4 Å². The van der Waals surface area contributed by atoms with Crippen LogP contribution in [0, 0.1) is 11.8 Å². The lowest BCUT2D eigenvalue weighted by atomic mass is 9.92. The maximum atomic E-state index is 12.5. The van der Waals surface area contributed by atoms with Crippen LogP contribution in [0.3, 0.4) is 0 Å². The highest BCUT2D eigenvalue weighted by Crippen LogP contribution is 2.27. The topological polar surface area (TPSA) is 66.7 Å². The fourth-order valence-corrected chi connectivity index (χ4v) is 5.32. The van der Waals surface area contributed by atoms with E-state index in [9.17, 15) is 9.59 Å². The van der Waals surface area contributed by atoms with Crippen molar-refractivity contribution in [3.63, 3.8) is 0 Å². The molecule has 2 aromatic rings. The van der Waals surface area contributed by atoms with Crippen LogP contribution in [0.5, 0.6) is 0 Å². The van der Waals surface area contributed by atoms with Gasteiger partial charge in [-0.25, -0.2) is 4.98 Å². The van der Waals surface area contributed by atoms with E-state index in [1.165, 1.54) is 11.3 Å². The first kappa shape index (κ1) is 19.7. The lowest BCUT2D eigenvalue weighted by molar-refractivity contribution is -0.128. The summed E-state index contributed by atoms with van der Waals surface area (Å²) in [6.07, 6.45) is 3.96. The standard InChI is InChI=1S/C17H22N4O2S2.ClH/c22-15-7-14(19-17-21(15)5-6-25-17)10-24-11-16(23)20-3-1-12-8-18-9-13(12)2-4-20;/h5-7,12-13,18H,1-4,8-11H2;1H/t12-,13+;. The molecular formula is C17H23ClN4O2S2. The molecule has 4 rings (SSSR count). The van der Waals surface area contributed by atoms with Crippen molar-refractivity contribution in [2.24, 2.45) is 11.8 Å². The van der Waals surface area contributed by atoms with E-state index in [2.05, 4.69) is 10.3 Å². The van der Waals surface area contributed by atoms with Gasteiger partial charge in [0.15, 0.2) is 4.96 Å². The number of fused-ring (bicyclic) bond motifs is 2. The molecule has 1 N–H and O–H groups in total. The van der Waals surface area contributed by atoms with Gasteiger partial charge < -0.3 is 10.2 Å². The predicted molar refractivity (Wildman–Crippen MR) is 108 cm³/mol. The summed E-state index contributed by atoms with van der Waals surface area (Å²) in [7, 11) is 0. The highest BCUT2D eigenvalue weighted by Gasteiger charge is 2.31. The number of halogens is 1. The molecule has 2 aliphatic rings. The summed E-state index contributed by atoms with van der Waals surface area (Å²) in [5, 5.41) is 5.32. The second kappa shape index (κ2) is 8.73. The Morgan fingerprint density at radius 2 is 2.04 bits per heavy atom. The number of rotatable bonds is 4. The number of nitrogens with zero attached hydrogens (tertiary/aromatic N) is 3. The Bertz CT molecular complexity index is 810. The number of thiazole rings is 1. The molecule has 2 saturated heterocycles. The first-order valence-electron chi connectivity index (χ1n) is 8.73. The van der Waals surface area contributed by atoms with Crippen LogP contribution in [0.4, 0.5) is 0 Å². The normalized spacial score (nSPS) is 22.7. The van der Waals surface area contributed by atoms with Gasteiger partial charge in [-0.05, 0) is 37.8 Å². The molecule has 0 spiro atoms. The quantitative estimate of drug-likeness (QED) is 0.827. The number of thioether (sulfide) groups is 1. The molecule has 1 amide bonds. The molecule has 0 saturated carbocycles. The van der Waals surface area contributed by atoms with Crippen LogP contribution in [0.2, 0.25) is 0 Å². The van der Waals surface area contributed by atoms with Crippen LogP contribution in [-0.2, 0) is 10.5 Å². The molecule has 2 fully saturated rings. The molecular weight excluding hydrogens is 392 g/mol. The van der Waals surface area contributed by atoms with Crippen molar-refractivity contribution in [3.8, 4) is 0 Å². The Kier molecular flexibility index (Phi) is 6.60. The van der Waals surface area contributed by atoms with Gasteiger partial charge in [0.25, 0.3) is 5.56 Å². The van der Waals surface area contributed by atoms with Crippen molar-refractivity contribution in [2.45, 2.75) is 18.6 Å². The Hall–Kier alpha value is -1.09. The Labute approximate surface area is 166 Å². The van der Waals surface area contributed by atoms with E-state index in [4.69, 9.17) is 0 Å². The number of aromatic nitrogens is 2. The molecule has 0 radical (unpaired) electrons. The molecule has 0 unspecified atom stereocenters. The monoisotopic (exact) mass is 414 g/mol. The van der Waals surface area contributed by atoms with Gasteiger partial charge in [0.2, 0.25) is 5.91 Å². The SMILES string of the molecule is Cl.O=C(CSCc1cc(=O)n2ccsc2n1)N1CC[C@@H]2CNC[C@@H]2CC1. The van der Waals surface area contributed by atoms with Gasteiger partial charge in [0.1, 0.15) is 0 Å². The summed E-state index contributed by atoms with van der Waals surface area (Å²) in [6.45, 7) is 3.97. The Morgan fingerprint density at radius 1 is 1.31 bits per heavy atom. The molecule has 142 valence electrons. The fraction of sp³-hybridized carbons (Fsp3) is 0.588. The summed E-state index contributed by atoms with van der Waals surface area (Å²) in [4.78, 5) is 31.7. The number of hydrogen-bond acceptors (Lipinski definition) is 6. The molecule has 4 heterocycles. The van der Waals surface area contributed by atoms with Gasteiger partial charge in [-0.1, -0.05) is 0 Å². The predicted octanol–water partition coefficient (Wildman–Crippen LogP) is 1.87. The zero-order chi connectivity index (χ0) is 17.2. The largest absolute Gasteiger partial charge is 0.342 e. The molecule has 2 aromatic heterocycles. The van der Waals surface area contributed by atoms with Gasteiger partial charge in [-0.3, -0.25) is 14.0 Å². The number of carbonyl (C=O) groups excluding carboxylic acids is 1. The van der Waals surface area contributed by atoms with E-state index >= 15 is 0 Å². The van der Waals surface area contributed by atoms with Crippen molar-refractivity contribution in [3.05, 3.63) is 33.7 Å². The highest BCUT2D eigenvalue weighted by atomic mass is 35.5. The lowest BCUT2D eigenvalue weighted by Crippen LogP contribution is -2.34. The van der Waals surface area contributed by atoms with Crippen molar-refractivity contribution in [1.82, 2.24) is 19.6 Å². The van der Waals surface area contributed by atoms with Crippen LogP contribution in [0.1, 0.15) is 18.5 Å². The third kappa shape index (κ3) is 4.24.